The van der Waals surface area contributed by atoms with Crippen molar-refractivity contribution in [3.63, 3.8) is 0 Å². The normalized spacial score (nSPS) is 13.4. The molecule has 0 spiro atoms. The maximum Gasteiger partial charge on any atom is 0.335 e. The molecule has 1 N–H and O–H groups in total. The predicted octanol–water partition coefficient (Wildman–Crippen LogP) is 2.00. The fourth-order valence-corrected chi connectivity index (χ4v) is 2.68. The van der Waals surface area contributed by atoms with Crippen molar-refractivity contribution in [1.29, 1.82) is 0 Å². The third-order valence-corrected chi connectivity index (χ3v) is 3.70. The minimum absolute atomic E-state index is 0.116. The molecule has 1 aliphatic rings. The quantitative estimate of drug-likeness (QED) is 0.909. The molecule has 1 aromatic carbocycles. The molecule has 6 heteroatoms. The number of thiazole rings is 1. The Bertz CT molecular complexity index is 652. The molecule has 1 aliphatic heterocycles. The third kappa shape index (κ3) is 2.10. The molecule has 0 saturated heterocycles. The minimum Gasteiger partial charge on any atom is -0.478 e. The van der Waals surface area contributed by atoms with Crippen molar-refractivity contribution >= 4 is 23.2 Å². The van der Waals surface area contributed by atoms with Gasteiger partial charge < -0.3 is 10.0 Å². The molecule has 0 radical (unpaired) electrons. The van der Waals surface area contributed by atoms with E-state index in [2.05, 4.69) is 4.98 Å². The highest BCUT2D eigenvalue weighted by molar-refractivity contribution is 7.07. The zero-order valence-corrected chi connectivity index (χ0v) is 10.7. The van der Waals surface area contributed by atoms with Crippen LogP contribution in [0.15, 0.2) is 29.1 Å². The number of hydrogen-bond donors (Lipinski definition) is 1. The summed E-state index contributed by atoms with van der Waals surface area (Å²) in [6.45, 7) is 0.943. The van der Waals surface area contributed by atoms with E-state index in [-0.39, 0.29) is 11.5 Å². The zero-order chi connectivity index (χ0) is 13.4. The number of carboxylic acid groups (broad SMARTS) is 1. The molecule has 0 saturated carbocycles. The average molecular weight is 274 g/mol. The molecular weight excluding hydrogens is 264 g/mol. The van der Waals surface area contributed by atoms with Gasteiger partial charge in [-0.1, -0.05) is 6.07 Å². The Hall–Kier alpha value is -2.21. The lowest BCUT2D eigenvalue weighted by molar-refractivity contribution is 0.0696. The first-order valence-corrected chi connectivity index (χ1v) is 6.62. The van der Waals surface area contributed by atoms with Crippen molar-refractivity contribution in [3.8, 4) is 0 Å². The number of rotatable bonds is 2. The van der Waals surface area contributed by atoms with E-state index in [1.54, 1.807) is 34.0 Å². The summed E-state index contributed by atoms with van der Waals surface area (Å²) in [5, 5.41) is 10.7. The first kappa shape index (κ1) is 11.9. The molecule has 96 valence electrons. The summed E-state index contributed by atoms with van der Waals surface area (Å²) in [5.41, 5.74) is 4.20. The van der Waals surface area contributed by atoms with Crippen LogP contribution in [0.5, 0.6) is 0 Å². The third-order valence-electron chi connectivity index (χ3n) is 3.11. The molecule has 0 aliphatic carbocycles. The Balaban J connectivity index is 1.84. The van der Waals surface area contributed by atoms with Crippen LogP contribution in [0.25, 0.3) is 0 Å². The van der Waals surface area contributed by atoms with Crippen molar-refractivity contribution in [2.45, 2.75) is 13.1 Å². The molecule has 2 heterocycles. The number of carboxylic acids is 1. The highest BCUT2D eigenvalue weighted by Gasteiger charge is 2.25. The lowest BCUT2D eigenvalue weighted by Gasteiger charge is -2.13. The van der Waals surface area contributed by atoms with Gasteiger partial charge in [0.2, 0.25) is 0 Å². The Labute approximate surface area is 113 Å². The maximum atomic E-state index is 12.1. The van der Waals surface area contributed by atoms with E-state index < -0.39 is 5.97 Å². The molecule has 1 amide bonds. The van der Waals surface area contributed by atoms with E-state index in [0.29, 0.717) is 18.8 Å². The van der Waals surface area contributed by atoms with Crippen LogP contribution in [-0.4, -0.2) is 26.9 Å². The van der Waals surface area contributed by atoms with Crippen molar-refractivity contribution in [2.24, 2.45) is 0 Å². The summed E-state index contributed by atoms with van der Waals surface area (Å²) >= 11 is 1.38. The summed E-state index contributed by atoms with van der Waals surface area (Å²) in [5.74, 6) is -1.07. The lowest BCUT2D eigenvalue weighted by atomic mass is 10.1. The summed E-state index contributed by atoms with van der Waals surface area (Å²) in [6, 6.07) is 4.97. The Morgan fingerprint density at radius 3 is 2.74 bits per heavy atom. The van der Waals surface area contributed by atoms with E-state index in [4.69, 9.17) is 5.11 Å². The fourth-order valence-electron chi connectivity index (χ4n) is 2.15. The number of nitrogens with zero attached hydrogens (tertiary/aromatic N) is 2. The zero-order valence-electron chi connectivity index (χ0n) is 9.87. The van der Waals surface area contributed by atoms with Gasteiger partial charge in [-0.05, 0) is 23.3 Å². The van der Waals surface area contributed by atoms with Crippen LogP contribution in [0.1, 0.15) is 32.0 Å². The highest BCUT2D eigenvalue weighted by Crippen LogP contribution is 2.25. The second-order valence-corrected chi connectivity index (χ2v) is 5.04. The van der Waals surface area contributed by atoms with Gasteiger partial charge in [0.1, 0.15) is 5.69 Å². The molecule has 0 fully saturated rings. The van der Waals surface area contributed by atoms with Crippen LogP contribution in [-0.2, 0) is 13.1 Å². The van der Waals surface area contributed by atoms with Gasteiger partial charge in [-0.15, -0.1) is 11.3 Å². The molecule has 0 atom stereocenters. The van der Waals surface area contributed by atoms with Gasteiger partial charge in [0.15, 0.2) is 0 Å². The van der Waals surface area contributed by atoms with Gasteiger partial charge in [-0.2, -0.15) is 0 Å². The second-order valence-electron chi connectivity index (χ2n) is 4.32. The molecule has 2 aromatic rings. The van der Waals surface area contributed by atoms with Crippen molar-refractivity contribution in [2.75, 3.05) is 0 Å². The van der Waals surface area contributed by atoms with E-state index in [1.807, 2.05) is 0 Å². The smallest absolute Gasteiger partial charge is 0.335 e. The van der Waals surface area contributed by atoms with Gasteiger partial charge in [-0.3, -0.25) is 4.79 Å². The molecule has 3 rings (SSSR count). The molecule has 1 aromatic heterocycles. The number of fused-ring (bicyclic) bond motifs is 1. The molecular formula is C13H10N2O3S. The Kier molecular flexibility index (Phi) is 2.79. The number of aromatic nitrogens is 1. The largest absolute Gasteiger partial charge is 0.478 e. The summed E-state index contributed by atoms with van der Waals surface area (Å²) in [4.78, 5) is 28.7. The van der Waals surface area contributed by atoms with Gasteiger partial charge in [0, 0.05) is 18.5 Å². The number of carbonyl (C=O) groups excluding carboxylic acids is 1. The maximum absolute atomic E-state index is 12.1. The number of benzene rings is 1. The lowest BCUT2D eigenvalue weighted by Crippen LogP contribution is -2.25. The monoisotopic (exact) mass is 274 g/mol. The average Bonchev–Trinajstić information content (AvgIpc) is 3.06. The molecule has 5 nitrogen and oxygen atoms in total. The van der Waals surface area contributed by atoms with Crippen molar-refractivity contribution in [3.05, 3.63) is 51.5 Å². The highest BCUT2D eigenvalue weighted by atomic mass is 32.1. The number of aromatic carboxylic acids is 1. The van der Waals surface area contributed by atoms with Crippen LogP contribution >= 0.6 is 11.3 Å². The van der Waals surface area contributed by atoms with E-state index in [9.17, 15) is 9.59 Å². The predicted molar refractivity (Wildman–Crippen MR) is 69.1 cm³/mol. The number of amides is 1. The number of hydrogen-bond acceptors (Lipinski definition) is 4. The van der Waals surface area contributed by atoms with Gasteiger partial charge in [0.25, 0.3) is 5.91 Å². The standard InChI is InChI=1S/C13H10N2O3S/c16-12(11-6-19-7-14-11)15-4-9-2-1-8(13(17)18)3-10(9)5-15/h1-3,6-7H,4-5H2,(H,17,18). The van der Waals surface area contributed by atoms with Crippen LogP contribution in [0.3, 0.4) is 0 Å². The SMILES string of the molecule is O=C(O)c1ccc2c(c1)CN(C(=O)c1cscn1)C2. The van der Waals surface area contributed by atoms with E-state index in [1.165, 1.54) is 11.3 Å². The van der Waals surface area contributed by atoms with Crippen LogP contribution in [0, 0.1) is 0 Å². The van der Waals surface area contributed by atoms with E-state index >= 15 is 0 Å². The van der Waals surface area contributed by atoms with Gasteiger partial charge >= 0.3 is 5.97 Å². The second kappa shape index (κ2) is 4.47. The summed E-state index contributed by atoms with van der Waals surface area (Å²) < 4.78 is 0. The first-order chi connectivity index (χ1) is 9.15. The molecule has 0 unspecified atom stereocenters. The van der Waals surface area contributed by atoms with Gasteiger partial charge in [0.05, 0.1) is 11.1 Å². The van der Waals surface area contributed by atoms with Crippen LogP contribution in [0.4, 0.5) is 0 Å². The summed E-state index contributed by atoms with van der Waals surface area (Å²) in [6.07, 6.45) is 0. The number of carbonyl (C=O) groups is 2. The fraction of sp³-hybridized carbons (Fsp3) is 0.154. The topological polar surface area (TPSA) is 70.5 Å². The van der Waals surface area contributed by atoms with Crippen LogP contribution in [0.2, 0.25) is 0 Å². The van der Waals surface area contributed by atoms with Crippen molar-refractivity contribution < 1.29 is 14.7 Å². The Morgan fingerprint density at radius 1 is 1.26 bits per heavy atom. The Morgan fingerprint density at radius 2 is 2.05 bits per heavy atom. The van der Waals surface area contributed by atoms with Gasteiger partial charge in [-0.25, -0.2) is 9.78 Å². The van der Waals surface area contributed by atoms with Crippen molar-refractivity contribution in [1.82, 2.24) is 9.88 Å². The van der Waals surface area contributed by atoms with E-state index in [0.717, 1.165) is 11.1 Å². The minimum atomic E-state index is -0.952. The first-order valence-electron chi connectivity index (χ1n) is 5.67. The van der Waals surface area contributed by atoms with Crippen LogP contribution < -0.4 is 0 Å². The molecule has 0 bridgehead atoms. The summed E-state index contributed by atoms with van der Waals surface area (Å²) in [7, 11) is 0. The molecule has 19 heavy (non-hydrogen) atoms.